The summed E-state index contributed by atoms with van der Waals surface area (Å²) in [7, 11) is 0. The van der Waals surface area contributed by atoms with E-state index in [1.807, 2.05) is 13.8 Å². The number of carbonyl (C=O) groups excluding carboxylic acids is 2. The fourth-order valence-electron chi connectivity index (χ4n) is 1.50. The number of thiophene rings is 1. The molecule has 0 radical (unpaired) electrons. The van der Waals surface area contributed by atoms with E-state index in [0.717, 1.165) is 20.9 Å². The van der Waals surface area contributed by atoms with E-state index in [4.69, 9.17) is 9.47 Å². The molecular weight excluding hydrogens is 240 g/mol. The van der Waals surface area contributed by atoms with E-state index in [2.05, 4.69) is 0 Å². The van der Waals surface area contributed by atoms with Crippen LogP contribution in [0.15, 0.2) is 0 Å². The highest BCUT2D eigenvalue weighted by atomic mass is 32.1. The number of ether oxygens (including phenoxy) is 2. The lowest BCUT2D eigenvalue weighted by Crippen LogP contribution is -2.05. The average Bonchev–Trinajstić information content (AvgIpc) is 2.47. The Hall–Kier alpha value is -1.36. The first-order chi connectivity index (χ1) is 7.91. The Morgan fingerprint density at radius 1 is 0.941 bits per heavy atom. The van der Waals surface area contributed by atoms with Gasteiger partial charge >= 0.3 is 11.9 Å². The van der Waals surface area contributed by atoms with Crippen molar-refractivity contribution in [3.63, 3.8) is 0 Å². The van der Waals surface area contributed by atoms with Crippen molar-refractivity contribution in [2.24, 2.45) is 0 Å². The lowest BCUT2D eigenvalue weighted by molar-refractivity contribution is -0.143. The van der Waals surface area contributed by atoms with Crippen LogP contribution in [0, 0.1) is 13.8 Å². The number of hydrogen-bond acceptors (Lipinski definition) is 5. The molecule has 0 atom stereocenters. The summed E-state index contributed by atoms with van der Waals surface area (Å²) >= 11 is 1.62. The Balaban J connectivity index is 2.85. The van der Waals surface area contributed by atoms with Gasteiger partial charge in [-0.2, -0.15) is 0 Å². The fourth-order valence-corrected chi connectivity index (χ4v) is 2.57. The molecule has 0 N–H and O–H groups in total. The number of aryl methyl sites for hydroxylation is 2. The predicted molar refractivity (Wildman–Crippen MR) is 64.7 cm³/mol. The molecule has 0 aromatic carbocycles. The molecular formula is C12H16O4S. The maximum Gasteiger partial charge on any atom is 0.302 e. The molecule has 1 aromatic rings. The van der Waals surface area contributed by atoms with Crippen molar-refractivity contribution < 1.29 is 19.1 Å². The molecule has 17 heavy (non-hydrogen) atoms. The summed E-state index contributed by atoms with van der Waals surface area (Å²) in [5.74, 6) is -0.627. The Bertz CT molecular complexity index is 395. The molecule has 0 unspecified atom stereocenters. The molecule has 0 aliphatic carbocycles. The van der Waals surface area contributed by atoms with E-state index in [0.29, 0.717) is 0 Å². The molecule has 1 aromatic heterocycles. The van der Waals surface area contributed by atoms with Gasteiger partial charge < -0.3 is 9.47 Å². The van der Waals surface area contributed by atoms with Crippen LogP contribution < -0.4 is 0 Å². The van der Waals surface area contributed by atoms with Gasteiger partial charge in [-0.1, -0.05) is 0 Å². The first-order valence-corrected chi connectivity index (χ1v) is 6.08. The van der Waals surface area contributed by atoms with Gasteiger partial charge in [0.05, 0.1) is 0 Å². The molecule has 0 aliphatic heterocycles. The zero-order valence-electron chi connectivity index (χ0n) is 10.5. The molecule has 0 bridgehead atoms. The van der Waals surface area contributed by atoms with E-state index >= 15 is 0 Å². The van der Waals surface area contributed by atoms with Gasteiger partial charge in [-0.15, -0.1) is 11.3 Å². The summed E-state index contributed by atoms with van der Waals surface area (Å²) in [4.78, 5) is 23.8. The van der Waals surface area contributed by atoms with Gasteiger partial charge in [0.15, 0.2) is 0 Å². The SMILES string of the molecule is CC(=O)OCc1c(C)sc(C)c1COC(C)=O. The first kappa shape index (κ1) is 13.7. The second-order valence-corrected chi connectivity index (χ2v) is 5.16. The Kier molecular flexibility index (Phi) is 4.69. The monoisotopic (exact) mass is 256 g/mol. The summed E-state index contributed by atoms with van der Waals surface area (Å²) in [5, 5.41) is 0. The number of esters is 2. The lowest BCUT2D eigenvalue weighted by atomic mass is 10.1. The molecule has 1 heterocycles. The zero-order valence-corrected chi connectivity index (χ0v) is 11.3. The highest BCUT2D eigenvalue weighted by molar-refractivity contribution is 7.12. The van der Waals surface area contributed by atoms with Crippen molar-refractivity contribution in [2.75, 3.05) is 0 Å². The number of hydrogen-bond donors (Lipinski definition) is 0. The largest absolute Gasteiger partial charge is 0.461 e. The van der Waals surface area contributed by atoms with Gasteiger partial charge in [-0.05, 0) is 13.8 Å². The molecule has 1 rings (SSSR count). The molecule has 0 aliphatic rings. The van der Waals surface area contributed by atoms with Crippen LogP contribution in [0.4, 0.5) is 0 Å². The third kappa shape index (κ3) is 3.85. The molecule has 0 saturated heterocycles. The van der Waals surface area contributed by atoms with Crippen LogP contribution in [-0.4, -0.2) is 11.9 Å². The molecule has 5 heteroatoms. The second-order valence-electron chi connectivity index (χ2n) is 3.73. The van der Waals surface area contributed by atoms with Crippen molar-refractivity contribution in [3.8, 4) is 0 Å². The smallest absolute Gasteiger partial charge is 0.302 e. The third-order valence-electron chi connectivity index (χ3n) is 2.36. The van der Waals surface area contributed by atoms with Gasteiger partial charge in [0.2, 0.25) is 0 Å². The summed E-state index contributed by atoms with van der Waals surface area (Å²) in [6.07, 6.45) is 0. The van der Waals surface area contributed by atoms with Crippen molar-refractivity contribution in [1.29, 1.82) is 0 Å². The van der Waals surface area contributed by atoms with Crippen LogP contribution in [-0.2, 0) is 32.3 Å². The summed E-state index contributed by atoms with van der Waals surface area (Å²) in [6, 6.07) is 0. The molecule has 4 nitrogen and oxygen atoms in total. The minimum atomic E-state index is -0.313. The minimum absolute atomic E-state index is 0.238. The van der Waals surface area contributed by atoms with Gasteiger partial charge in [0, 0.05) is 34.7 Å². The van der Waals surface area contributed by atoms with Crippen LogP contribution >= 0.6 is 11.3 Å². The van der Waals surface area contributed by atoms with Crippen molar-refractivity contribution >= 4 is 23.3 Å². The second kappa shape index (κ2) is 5.82. The topological polar surface area (TPSA) is 52.6 Å². The van der Waals surface area contributed by atoms with Crippen molar-refractivity contribution in [3.05, 3.63) is 20.9 Å². The highest BCUT2D eigenvalue weighted by Crippen LogP contribution is 2.28. The molecule has 94 valence electrons. The normalized spacial score (nSPS) is 10.1. The van der Waals surface area contributed by atoms with E-state index in [1.165, 1.54) is 13.8 Å². The van der Waals surface area contributed by atoms with Crippen molar-refractivity contribution in [1.82, 2.24) is 0 Å². The van der Waals surface area contributed by atoms with Crippen LogP contribution in [0.3, 0.4) is 0 Å². The van der Waals surface area contributed by atoms with Crippen LogP contribution in [0.25, 0.3) is 0 Å². The summed E-state index contributed by atoms with van der Waals surface area (Å²) < 4.78 is 9.99. The Morgan fingerprint density at radius 2 is 1.29 bits per heavy atom. The number of rotatable bonds is 4. The van der Waals surface area contributed by atoms with E-state index < -0.39 is 0 Å². The predicted octanol–water partition coefficient (Wildman–Crippen LogP) is 2.49. The van der Waals surface area contributed by atoms with Crippen LogP contribution in [0.5, 0.6) is 0 Å². The van der Waals surface area contributed by atoms with Gasteiger partial charge in [0.1, 0.15) is 13.2 Å². The molecule has 0 saturated carbocycles. The van der Waals surface area contributed by atoms with E-state index in [9.17, 15) is 9.59 Å². The Labute approximate surface area is 105 Å². The third-order valence-corrected chi connectivity index (χ3v) is 3.47. The van der Waals surface area contributed by atoms with Crippen LogP contribution in [0.1, 0.15) is 34.7 Å². The van der Waals surface area contributed by atoms with Crippen molar-refractivity contribution in [2.45, 2.75) is 40.9 Å². The summed E-state index contributed by atoms with van der Waals surface area (Å²) in [5.41, 5.74) is 1.90. The molecule has 0 spiro atoms. The fraction of sp³-hybridized carbons (Fsp3) is 0.500. The minimum Gasteiger partial charge on any atom is -0.461 e. The Morgan fingerprint density at radius 3 is 1.59 bits per heavy atom. The average molecular weight is 256 g/mol. The standard InChI is InChI=1S/C12H16O4S/c1-7-11(5-15-9(3)13)12(8(2)17-7)6-16-10(4)14/h5-6H2,1-4H3. The maximum absolute atomic E-state index is 10.8. The first-order valence-electron chi connectivity index (χ1n) is 5.26. The number of carbonyl (C=O) groups is 2. The van der Waals surface area contributed by atoms with Gasteiger partial charge in [-0.25, -0.2) is 0 Å². The zero-order chi connectivity index (χ0) is 13.0. The van der Waals surface area contributed by atoms with Gasteiger partial charge in [-0.3, -0.25) is 9.59 Å². The molecule has 0 fully saturated rings. The van der Waals surface area contributed by atoms with Gasteiger partial charge in [0.25, 0.3) is 0 Å². The van der Waals surface area contributed by atoms with E-state index in [1.54, 1.807) is 11.3 Å². The van der Waals surface area contributed by atoms with E-state index in [-0.39, 0.29) is 25.2 Å². The summed E-state index contributed by atoms with van der Waals surface area (Å²) in [6.45, 7) is 7.16. The van der Waals surface area contributed by atoms with Crippen LogP contribution in [0.2, 0.25) is 0 Å². The lowest BCUT2D eigenvalue weighted by Gasteiger charge is -2.07. The maximum atomic E-state index is 10.8. The highest BCUT2D eigenvalue weighted by Gasteiger charge is 2.15. The molecule has 0 amide bonds. The quantitative estimate of drug-likeness (QED) is 0.777.